The zero-order chi connectivity index (χ0) is 20.7. The van der Waals surface area contributed by atoms with Gasteiger partial charge < -0.3 is 14.8 Å². The largest absolute Gasteiger partial charge is 0.497 e. The molecule has 152 valence electrons. The summed E-state index contributed by atoms with van der Waals surface area (Å²) in [4.78, 5) is 12.7. The molecule has 0 fully saturated rings. The van der Waals surface area contributed by atoms with E-state index in [0.717, 1.165) is 5.56 Å². The van der Waals surface area contributed by atoms with Gasteiger partial charge in [0.05, 0.1) is 19.1 Å². The quantitative estimate of drug-likeness (QED) is 0.692. The molecule has 0 saturated heterocycles. The molecule has 28 heavy (non-hydrogen) atoms. The molecule has 2 aromatic rings. The number of amides is 1. The van der Waals surface area contributed by atoms with Crippen LogP contribution < -0.4 is 14.8 Å². The Kier molecular flexibility index (Phi) is 7.42. The molecule has 7 nitrogen and oxygen atoms in total. The third-order valence-corrected chi connectivity index (χ3v) is 6.41. The molecule has 1 amide bonds. The van der Waals surface area contributed by atoms with Crippen molar-refractivity contribution in [1.29, 1.82) is 0 Å². The molecule has 2 rings (SSSR count). The van der Waals surface area contributed by atoms with Crippen LogP contribution in [0.1, 0.15) is 29.8 Å². The second-order valence-corrected chi connectivity index (χ2v) is 7.92. The topological polar surface area (TPSA) is 84.9 Å². The molecule has 0 aliphatic rings. The summed E-state index contributed by atoms with van der Waals surface area (Å²) in [5, 5.41) is 2.79. The van der Waals surface area contributed by atoms with Crippen molar-refractivity contribution in [3.05, 3.63) is 53.6 Å². The molecule has 0 radical (unpaired) electrons. The van der Waals surface area contributed by atoms with Crippen LogP contribution in [-0.4, -0.2) is 45.9 Å². The van der Waals surface area contributed by atoms with Gasteiger partial charge >= 0.3 is 0 Å². The first-order chi connectivity index (χ1) is 13.4. The predicted molar refractivity (Wildman–Crippen MR) is 107 cm³/mol. The zero-order valence-electron chi connectivity index (χ0n) is 16.6. The number of carbonyl (C=O) groups is 1. The summed E-state index contributed by atoms with van der Waals surface area (Å²) in [5.74, 6) is 0.901. The summed E-state index contributed by atoms with van der Waals surface area (Å²) in [6, 6.07) is 11.3. The molecule has 0 aliphatic heterocycles. The summed E-state index contributed by atoms with van der Waals surface area (Å²) in [7, 11) is -0.515. The highest BCUT2D eigenvalue weighted by atomic mass is 32.2. The van der Waals surface area contributed by atoms with E-state index in [1.165, 1.54) is 16.4 Å². The third-order valence-electron chi connectivity index (χ3n) is 4.37. The lowest BCUT2D eigenvalue weighted by Crippen LogP contribution is -2.31. The highest BCUT2D eigenvalue weighted by Crippen LogP contribution is 2.24. The maximum absolute atomic E-state index is 12.7. The van der Waals surface area contributed by atoms with Crippen LogP contribution in [-0.2, 0) is 16.6 Å². The number of nitrogens with zero attached hydrogens (tertiary/aromatic N) is 1. The lowest BCUT2D eigenvalue weighted by molar-refractivity contribution is 0.0950. The fourth-order valence-corrected chi connectivity index (χ4v) is 4.31. The Morgan fingerprint density at radius 3 is 2.36 bits per heavy atom. The highest BCUT2D eigenvalue weighted by molar-refractivity contribution is 7.89. The van der Waals surface area contributed by atoms with E-state index in [2.05, 4.69) is 5.32 Å². The minimum Gasteiger partial charge on any atom is -0.497 e. The van der Waals surface area contributed by atoms with Crippen molar-refractivity contribution in [2.45, 2.75) is 25.3 Å². The molecule has 8 heteroatoms. The Morgan fingerprint density at radius 2 is 1.75 bits per heavy atom. The molecule has 0 saturated carbocycles. The molecule has 0 bridgehead atoms. The highest BCUT2D eigenvalue weighted by Gasteiger charge is 2.22. The van der Waals surface area contributed by atoms with E-state index in [9.17, 15) is 13.2 Å². The van der Waals surface area contributed by atoms with Gasteiger partial charge in [0.25, 0.3) is 5.91 Å². The Morgan fingerprint density at radius 1 is 1.04 bits per heavy atom. The number of rotatable bonds is 9. The summed E-state index contributed by atoms with van der Waals surface area (Å²) < 4.78 is 37.2. The number of ether oxygens (including phenoxy) is 2. The Balaban J connectivity index is 2.20. The molecule has 2 aromatic carbocycles. The first-order valence-electron chi connectivity index (χ1n) is 8.96. The van der Waals surface area contributed by atoms with Crippen LogP contribution in [0.4, 0.5) is 0 Å². The molecule has 0 aromatic heterocycles. The van der Waals surface area contributed by atoms with Crippen molar-refractivity contribution in [3.8, 4) is 11.5 Å². The Labute approximate surface area is 166 Å². The van der Waals surface area contributed by atoms with E-state index in [1.807, 2.05) is 0 Å². The van der Waals surface area contributed by atoms with Crippen molar-refractivity contribution >= 4 is 15.9 Å². The maximum atomic E-state index is 12.7. The minimum absolute atomic E-state index is 0.0998. The van der Waals surface area contributed by atoms with Gasteiger partial charge in [0.2, 0.25) is 10.0 Å². The normalized spacial score (nSPS) is 11.3. The van der Waals surface area contributed by atoms with Crippen molar-refractivity contribution in [2.24, 2.45) is 0 Å². The summed E-state index contributed by atoms with van der Waals surface area (Å²) in [6.07, 6.45) is 0. The van der Waals surface area contributed by atoms with Crippen molar-refractivity contribution in [3.63, 3.8) is 0 Å². The Hall–Kier alpha value is -2.58. The number of methoxy groups -OCH3 is 2. The van der Waals surface area contributed by atoms with Gasteiger partial charge in [-0.15, -0.1) is 0 Å². The smallest absolute Gasteiger partial charge is 0.251 e. The van der Waals surface area contributed by atoms with E-state index >= 15 is 0 Å². The Bertz CT molecular complexity index is 924. The second-order valence-electron chi connectivity index (χ2n) is 5.98. The van der Waals surface area contributed by atoms with E-state index in [0.29, 0.717) is 24.6 Å². The molecular formula is C20H26N2O5S. The predicted octanol–water partition coefficient (Wildman–Crippen LogP) is 2.66. The number of hydrogen-bond acceptors (Lipinski definition) is 5. The number of nitrogens with one attached hydrogen (secondary N) is 1. The van der Waals surface area contributed by atoms with Crippen LogP contribution in [0.2, 0.25) is 0 Å². The molecular weight excluding hydrogens is 380 g/mol. The molecule has 0 heterocycles. The van der Waals surface area contributed by atoms with E-state index in [4.69, 9.17) is 9.47 Å². The maximum Gasteiger partial charge on any atom is 0.251 e. The standard InChI is InChI=1S/C20H26N2O5S/c1-5-22(6-2)28(24,25)18-9-7-8-15(13-18)20(23)21-14-16-12-17(26-3)10-11-19(16)27-4/h7-13H,5-6,14H2,1-4H3,(H,21,23). The fraction of sp³-hybridized carbons (Fsp3) is 0.350. The second kappa shape index (κ2) is 9.57. The van der Waals surface area contributed by atoms with Crippen LogP contribution in [0.5, 0.6) is 11.5 Å². The minimum atomic E-state index is -3.63. The van der Waals surface area contributed by atoms with Gasteiger partial charge in [-0.05, 0) is 36.4 Å². The lowest BCUT2D eigenvalue weighted by atomic mass is 10.1. The fourth-order valence-electron chi connectivity index (χ4n) is 2.81. The monoisotopic (exact) mass is 406 g/mol. The zero-order valence-corrected chi connectivity index (χ0v) is 17.4. The van der Waals surface area contributed by atoms with Crippen molar-refractivity contribution in [1.82, 2.24) is 9.62 Å². The summed E-state index contributed by atoms with van der Waals surface area (Å²) >= 11 is 0. The first kappa shape index (κ1) is 21.7. The number of sulfonamides is 1. The molecule has 1 N–H and O–H groups in total. The van der Waals surface area contributed by atoms with E-state index in [1.54, 1.807) is 58.4 Å². The van der Waals surface area contributed by atoms with Crippen LogP contribution in [0.3, 0.4) is 0 Å². The van der Waals surface area contributed by atoms with Gasteiger partial charge in [-0.3, -0.25) is 4.79 Å². The average Bonchev–Trinajstić information content (AvgIpc) is 2.72. The summed E-state index contributed by atoms with van der Waals surface area (Å²) in [5.41, 5.74) is 1.03. The van der Waals surface area contributed by atoms with Gasteiger partial charge in [0.15, 0.2) is 0 Å². The number of benzene rings is 2. The molecule has 0 unspecified atom stereocenters. The van der Waals surface area contributed by atoms with Gasteiger partial charge in [-0.1, -0.05) is 19.9 Å². The first-order valence-corrected chi connectivity index (χ1v) is 10.4. The SMILES string of the molecule is CCN(CC)S(=O)(=O)c1cccc(C(=O)NCc2cc(OC)ccc2OC)c1. The van der Waals surface area contributed by atoms with E-state index in [-0.39, 0.29) is 22.9 Å². The van der Waals surface area contributed by atoms with Gasteiger partial charge in [-0.2, -0.15) is 4.31 Å². The van der Waals surface area contributed by atoms with Crippen LogP contribution >= 0.6 is 0 Å². The van der Waals surface area contributed by atoms with Crippen LogP contribution in [0.15, 0.2) is 47.4 Å². The van der Waals surface area contributed by atoms with Crippen molar-refractivity contribution in [2.75, 3.05) is 27.3 Å². The number of carbonyl (C=O) groups excluding carboxylic acids is 1. The van der Waals surface area contributed by atoms with E-state index < -0.39 is 10.0 Å². The molecule has 0 aliphatic carbocycles. The van der Waals surface area contributed by atoms with Crippen LogP contribution in [0, 0.1) is 0 Å². The molecule has 0 atom stereocenters. The average molecular weight is 407 g/mol. The third kappa shape index (κ3) is 4.82. The lowest BCUT2D eigenvalue weighted by Gasteiger charge is -2.18. The number of hydrogen-bond donors (Lipinski definition) is 1. The van der Waals surface area contributed by atoms with Gasteiger partial charge in [-0.25, -0.2) is 8.42 Å². The van der Waals surface area contributed by atoms with Gasteiger partial charge in [0.1, 0.15) is 11.5 Å². The van der Waals surface area contributed by atoms with Crippen molar-refractivity contribution < 1.29 is 22.7 Å². The molecule has 0 spiro atoms. The summed E-state index contributed by atoms with van der Waals surface area (Å²) in [6.45, 7) is 4.50. The van der Waals surface area contributed by atoms with Crippen LogP contribution in [0.25, 0.3) is 0 Å². The van der Waals surface area contributed by atoms with Gasteiger partial charge in [0, 0.05) is 30.8 Å².